The highest BCUT2D eigenvalue weighted by Gasteiger charge is 2.20. The number of halogens is 1. The molecule has 0 heterocycles. The van der Waals surface area contributed by atoms with E-state index in [0.29, 0.717) is 11.3 Å². The summed E-state index contributed by atoms with van der Waals surface area (Å²) in [5, 5.41) is 3.41. The van der Waals surface area contributed by atoms with Gasteiger partial charge in [-0.15, -0.1) is 0 Å². The van der Waals surface area contributed by atoms with Gasteiger partial charge < -0.3 is 15.0 Å². The summed E-state index contributed by atoms with van der Waals surface area (Å²) in [5.74, 6) is 0.401. The summed E-state index contributed by atoms with van der Waals surface area (Å²) in [4.78, 5) is 2.42. The molecule has 21 heavy (non-hydrogen) atoms. The third kappa shape index (κ3) is 4.17. The Kier molecular flexibility index (Phi) is 6.00. The number of likely N-dealkylation sites (N-methyl/N-ethyl adjacent to an activating group) is 1. The lowest BCUT2D eigenvalue weighted by Crippen LogP contribution is -2.36. The zero-order chi connectivity index (χ0) is 15.2. The predicted octanol–water partition coefficient (Wildman–Crippen LogP) is 3.36. The second kappa shape index (κ2) is 7.76. The Balaban J connectivity index is 1.85. The highest BCUT2D eigenvalue weighted by atomic mass is 19.1. The molecule has 1 unspecified atom stereocenters. The minimum atomic E-state index is -0.210. The van der Waals surface area contributed by atoms with Crippen molar-refractivity contribution in [1.29, 1.82) is 0 Å². The second-order valence-electron chi connectivity index (χ2n) is 5.95. The number of rotatable bonds is 7. The van der Waals surface area contributed by atoms with Crippen LogP contribution in [-0.2, 0) is 0 Å². The molecular weight excluding hydrogens is 267 g/mol. The van der Waals surface area contributed by atoms with Crippen LogP contribution in [0.5, 0.6) is 5.75 Å². The third-order valence-electron chi connectivity index (χ3n) is 4.53. The van der Waals surface area contributed by atoms with Crippen molar-refractivity contribution in [2.45, 2.75) is 44.7 Å². The van der Waals surface area contributed by atoms with Crippen LogP contribution in [0.2, 0.25) is 0 Å². The molecule has 0 saturated heterocycles. The van der Waals surface area contributed by atoms with E-state index in [1.165, 1.54) is 31.7 Å². The van der Waals surface area contributed by atoms with Gasteiger partial charge in [0.25, 0.3) is 0 Å². The first-order valence-electron chi connectivity index (χ1n) is 7.89. The molecule has 0 spiro atoms. The molecule has 1 aliphatic rings. The number of nitrogens with zero attached hydrogens (tertiary/aromatic N) is 1. The van der Waals surface area contributed by atoms with Gasteiger partial charge in [-0.2, -0.15) is 0 Å². The van der Waals surface area contributed by atoms with Gasteiger partial charge in [0.05, 0.1) is 7.11 Å². The molecule has 1 aliphatic carbocycles. The van der Waals surface area contributed by atoms with Crippen molar-refractivity contribution in [3.05, 3.63) is 29.6 Å². The molecule has 3 nitrogen and oxygen atoms in total. The number of ether oxygens (including phenoxy) is 1. The van der Waals surface area contributed by atoms with Crippen molar-refractivity contribution in [2.24, 2.45) is 0 Å². The van der Waals surface area contributed by atoms with Crippen molar-refractivity contribution in [3.63, 3.8) is 0 Å². The molecular formula is C17H27FN2O. The number of nitrogens with one attached hydrogen (secondary N) is 1. The van der Waals surface area contributed by atoms with Crippen molar-refractivity contribution >= 4 is 0 Å². The predicted molar refractivity (Wildman–Crippen MR) is 84.3 cm³/mol. The highest BCUT2D eigenvalue weighted by molar-refractivity contribution is 5.36. The van der Waals surface area contributed by atoms with Gasteiger partial charge in [-0.05, 0) is 38.9 Å². The third-order valence-corrected chi connectivity index (χ3v) is 4.53. The van der Waals surface area contributed by atoms with E-state index in [-0.39, 0.29) is 11.9 Å². The van der Waals surface area contributed by atoms with Crippen LogP contribution in [0.4, 0.5) is 4.39 Å². The Morgan fingerprint density at radius 3 is 2.76 bits per heavy atom. The normalized spacial score (nSPS) is 17.4. The van der Waals surface area contributed by atoms with Gasteiger partial charge in [-0.1, -0.05) is 18.9 Å². The minimum Gasteiger partial charge on any atom is -0.496 e. The van der Waals surface area contributed by atoms with Crippen LogP contribution in [0.1, 0.15) is 44.2 Å². The van der Waals surface area contributed by atoms with E-state index in [4.69, 9.17) is 4.74 Å². The zero-order valence-electron chi connectivity index (χ0n) is 13.4. The van der Waals surface area contributed by atoms with E-state index in [1.807, 2.05) is 6.92 Å². The van der Waals surface area contributed by atoms with E-state index in [9.17, 15) is 4.39 Å². The Hall–Kier alpha value is -1.13. The lowest BCUT2D eigenvalue weighted by atomic mass is 10.1. The first kappa shape index (κ1) is 16.2. The van der Waals surface area contributed by atoms with Crippen molar-refractivity contribution < 1.29 is 9.13 Å². The zero-order valence-corrected chi connectivity index (χ0v) is 13.4. The minimum absolute atomic E-state index is 0.0573. The van der Waals surface area contributed by atoms with Crippen molar-refractivity contribution in [1.82, 2.24) is 10.2 Å². The summed E-state index contributed by atoms with van der Waals surface area (Å²) in [5.41, 5.74) is 0.614. The Morgan fingerprint density at radius 1 is 1.38 bits per heavy atom. The maximum atomic E-state index is 14.0. The first-order valence-corrected chi connectivity index (χ1v) is 7.89. The maximum absolute atomic E-state index is 14.0. The van der Waals surface area contributed by atoms with E-state index in [1.54, 1.807) is 19.2 Å². The van der Waals surface area contributed by atoms with E-state index in [0.717, 1.165) is 19.1 Å². The standard InChI is InChI=1S/C17H27FN2O/c1-13(17-15(18)9-6-10-16(17)21-3)19-11-12-20(2)14-7-4-5-8-14/h6,9-10,13-14,19H,4-5,7-8,11-12H2,1-3H3. The van der Waals surface area contributed by atoms with Gasteiger partial charge in [0.2, 0.25) is 0 Å². The average molecular weight is 294 g/mol. The Labute approximate surface area is 127 Å². The first-order chi connectivity index (χ1) is 10.1. The number of benzene rings is 1. The molecule has 118 valence electrons. The monoisotopic (exact) mass is 294 g/mol. The Morgan fingerprint density at radius 2 is 2.10 bits per heavy atom. The smallest absolute Gasteiger partial charge is 0.131 e. The van der Waals surface area contributed by atoms with Crippen LogP contribution >= 0.6 is 0 Å². The second-order valence-corrected chi connectivity index (χ2v) is 5.95. The molecule has 1 saturated carbocycles. The Bertz CT molecular complexity index is 446. The van der Waals surface area contributed by atoms with Crippen molar-refractivity contribution in [3.8, 4) is 5.75 Å². The molecule has 1 atom stereocenters. The van der Waals surface area contributed by atoms with E-state index >= 15 is 0 Å². The van der Waals surface area contributed by atoms with Gasteiger partial charge in [-0.3, -0.25) is 0 Å². The summed E-state index contributed by atoms with van der Waals surface area (Å²) < 4.78 is 19.3. The van der Waals surface area contributed by atoms with Crippen LogP contribution in [0.15, 0.2) is 18.2 Å². The fourth-order valence-electron chi connectivity index (χ4n) is 3.20. The van der Waals surface area contributed by atoms with Gasteiger partial charge in [0.1, 0.15) is 11.6 Å². The summed E-state index contributed by atoms with van der Waals surface area (Å²) in [6.45, 7) is 3.83. The number of hydrogen-bond acceptors (Lipinski definition) is 3. The summed E-state index contributed by atoms with van der Waals surface area (Å²) >= 11 is 0. The van der Waals surface area contributed by atoms with Crippen LogP contribution < -0.4 is 10.1 Å². The molecule has 0 bridgehead atoms. The number of hydrogen-bond donors (Lipinski definition) is 1. The largest absolute Gasteiger partial charge is 0.496 e. The summed E-state index contributed by atoms with van der Waals surface area (Å²) in [6.07, 6.45) is 5.33. The molecule has 0 amide bonds. The fourth-order valence-corrected chi connectivity index (χ4v) is 3.20. The molecule has 2 rings (SSSR count). The molecule has 1 N–H and O–H groups in total. The average Bonchev–Trinajstić information content (AvgIpc) is 3.00. The van der Waals surface area contributed by atoms with Crippen LogP contribution in [-0.4, -0.2) is 38.2 Å². The highest BCUT2D eigenvalue weighted by Crippen LogP contribution is 2.27. The quantitative estimate of drug-likeness (QED) is 0.834. The molecule has 0 radical (unpaired) electrons. The fraction of sp³-hybridized carbons (Fsp3) is 0.647. The summed E-state index contributed by atoms with van der Waals surface area (Å²) in [6, 6.07) is 5.64. The topological polar surface area (TPSA) is 24.5 Å². The molecule has 1 aromatic carbocycles. The summed E-state index contributed by atoms with van der Waals surface area (Å²) in [7, 11) is 3.77. The molecule has 1 aromatic rings. The molecule has 4 heteroatoms. The van der Waals surface area contributed by atoms with Crippen LogP contribution in [0, 0.1) is 5.82 Å². The van der Waals surface area contributed by atoms with E-state index < -0.39 is 0 Å². The van der Waals surface area contributed by atoms with Gasteiger partial charge in [0, 0.05) is 30.7 Å². The molecule has 0 aromatic heterocycles. The van der Waals surface area contributed by atoms with Crippen molar-refractivity contribution in [2.75, 3.05) is 27.2 Å². The van der Waals surface area contributed by atoms with E-state index in [2.05, 4.69) is 17.3 Å². The maximum Gasteiger partial charge on any atom is 0.131 e. The number of methoxy groups -OCH3 is 1. The van der Waals surface area contributed by atoms with Gasteiger partial charge in [-0.25, -0.2) is 4.39 Å². The van der Waals surface area contributed by atoms with Gasteiger partial charge >= 0.3 is 0 Å². The SMILES string of the molecule is COc1cccc(F)c1C(C)NCCN(C)C1CCCC1. The lowest BCUT2D eigenvalue weighted by molar-refractivity contribution is 0.242. The van der Waals surface area contributed by atoms with Crippen LogP contribution in [0.3, 0.4) is 0 Å². The van der Waals surface area contributed by atoms with Gasteiger partial charge in [0.15, 0.2) is 0 Å². The molecule has 1 fully saturated rings. The van der Waals surface area contributed by atoms with Crippen LogP contribution in [0.25, 0.3) is 0 Å². The molecule has 0 aliphatic heterocycles. The lowest BCUT2D eigenvalue weighted by Gasteiger charge is -2.25.